The molecular weight excluding hydrogens is 286 g/mol. The van der Waals surface area contributed by atoms with Gasteiger partial charge in [0.25, 0.3) is 0 Å². The lowest BCUT2D eigenvalue weighted by Gasteiger charge is -2.37. The van der Waals surface area contributed by atoms with Crippen LogP contribution in [0.3, 0.4) is 0 Å². The van der Waals surface area contributed by atoms with Crippen LogP contribution in [0.2, 0.25) is 0 Å². The Kier molecular flexibility index (Phi) is 5.20. The van der Waals surface area contributed by atoms with E-state index in [0.29, 0.717) is 12.0 Å². The first-order valence-corrected chi connectivity index (χ1v) is 8.26. The van der Waals surface area contributed by atoms with Crippen molar-refractivity contribution in [2.75, 3.05) is 13.1 Å². The van der Waals surface area contributed by atoms with Crippen LogP contribution in [0.1, 0.15) is 24.6 Å². The number of likely N-dealkylation sites (tertiary alicyclic amines) is 1. The molecule has 2 aromatic rings. The van der Waals surface area contributed by atoms with Crippen molar-refractivity contribution in [2.45, 2.75) is 32.5 Å². The molecule has 5 heteroatoms. The lowest BCUT2D eigenvalue weighted by Crippen LogP contribution is -2.47. The molecule has 0 aromatic carbocycles. The molecule has 0 radical (unpaired) electrons. The Morgan fingerprint density at radius 1 is 1.43 bits per heavy atom. The van der Waals surface area contributed by atoms with Crippen molar-refractivity contribution in [3.63, 3.8) is 0 Å². The molecule has 1 aliphatic rings. The maximum atomic E-state index is 4.43. The van der Waals surface area contributed by atoms with E-state index in [1.54, 1.807) is 10.9 Å². The van der Waals surface area contributed by atoms with Gasteiger partial charge in [0, 0.05) is 56.4 Å². The Hall–Kier alpha value is -1.98. The molecule has 1 aliphatic heterocycles. The molecule has 2 aromatic heterocycles. The summed E-state index contributed by atoms with van der Waals surface area (Å²) in [5, 5.41) is 7.90. The number of hydrogen-bond donors (Lipinski definition) is 1. The zero-order valence-electron chi connectivity index (χ0n) is 13.7. The summed E-state index contributed by atoms with van der Waals surface area (Å²) in [4.78, 5) is 6.93. The fourth-order valence-electron chi connectivity index (χ4n) is 3.22. The Bertz CT molecular complexity index is 621. The molecule has 0 unspecified atom stereocenters. The number of rotatable bonds is 6. The number of nitrogens with zero attached hydrogens (tertiary/aromatic N) is 4. The monoisotopic (exact) mass is 311 g/mol. The lowest BCUT2D eigenvalue weighted by molar-refractivity contribution is 0.139. The van der Waals surface area contributed by atoms with Gasteiger partial charge >= 0.3 is 0 Å². The molecule has 1 fully saturated rings. The zero-order valence-corrected chi connectivity index (χ0v) is 13.7. The Labute approximate surface area is 138 Å². The molecule has 5 nitrogen and oxygen atoms in total. The third-order valence-electron chi connectivity index (χ3n) is 4.51. The van der Waals surface area contributed by atoms with E-state index in [1.807, 2.05) is 24.7 Å². The van der Waals surface area contributed by atoms with Crippen LogP contribution in [0.5, 0.6) is 0 Å². The number of hydrogen-bond acceptors (Lipinski definition) is 4. The molecule has 0 amide bonds. The van der Waals surface area contributed by atoms with Crippen LogP contribution in [0.25, 0.3) is 6.20 Å². The van der Waals surface area contributed by atoms with Crippen molar-refractivity contribution in [2.24, 2.45) is 5.92 Å². The summed E-state index contributed by atoms with van der Waals surface area (Å²) >= 11 is 0. The third kappa shape index (κ3) is 4.27. The number of pyridine rings is 1. The van der Waals surface area contributed by atoms with Crippen LogP contribution in [-0.2, 0) is 13.1 Å². The average Bonchev–Trinajstić information content (AvgIpc) is 3.03. The summed E-state index contributed by atoms with van der Waals surface area (Å²) < 4.78 is 1.75. The highest BCUT2D eigenvalue weighted by Gasteiger charge is 2.25. The second-order valence-electron chi connectivity index (χ2n) is 6.32. The van der Waals surface area contributed by atoms with E-state index < -0.39 is 0 Å². The quantitative estimate of drug-likeness (QED) is 0.890. The first-order chi connectivity index (χ1) is 11.2. The Morgan fingerprint density at radius 2 is 2.35 bits per heavy atom. The predicted molar refractivity (Wildman–Crippen MR) is 92.5 cm³/mol. The van der Waals surface area contributed by atoms with Gasteiger partial charge in [-0.2, -0.15) is 5.10 Å². The summed E-state index contributed by atoms with van der Waals surface area (Å²) in [5.41, 5.74) is 2.36. The normalized spacial score (nSPS) is 22.1. The first kappa shape index (κ1) is 15.9. The van der Waals surface area contributed by atoms with E-state index in [4.69, 9.17) is 0 Å². The molecule has 1 N–H and O–H groups in total. The molecule has 0 saturated carbocycles. The molecule has 122 valence electrons. The van der Waals surface area contributed by atoms with Gasteiger partial charge in [-0.3, -0.25) is 9.88 Å². The topological polar surface area (TPSA) is 46.0 Å². The van der Waals surface area contributed by atoms with Crippen LogP contribution < -0.4 is 5.32 Å². The number of nitrogens with one attached hydrogen (secondary N) is 1. The number of aromatic nitrogens is 3. The van der Waals surface area contributed by atoms with Crippen molar-refractivity contribution in [3.05, 3.63) is 54.6 Å². The van der Waals surface area contributed by atoms with Crippen LogP contribution in [0, 0.1) is 5.92 Å². The fraction of sp³-hybridized carbons (Fsp3) is 0.444. The van der Waals surface area contributed by atoms with Crippen molar-refractivity contribution in [3.8, 4) is 0 Å². The van der Waals surface area contributed by atoms with Crippen LogP contribution in [0.4, 0.5) is 0 Å². The van der Waals surface area contributed by atoms with Crippen molar-refractivity contribution < 1.29 is 0 Å². The molecule has 23 heavy (non-hydrogen) atoms. The molecule has 0 spiro atoms. The first-order valence-electron chi connectivity index (χ1n) is 8.26. The van der Waals surface area contributed by atoms with E-state index in [9.17, 15) is 0 Å². The minimum atomic E-state index is 0.557. The van der Waals surface area contributed by atoms with Crippen LogP contribution in [-0.4, -0.2) is 38.8 Å². The van der Waals surface area contributed by atoms with Crippen LogP contribution in [0.15, 0.2) is 43.4 Å². The molecule has 0 aliphatic carbocycles. The maximum Gasteiger partial charge on any atom is 0.0543 e. The van der Waals surface area contributed by atoms with Gasteiger partial charge in [0.1, 0.15) is 0 Å². The van der Waals surface area contributed by atoms with Crippen molar-refractivity contribution in [1.29, 1.82) is 0 Å². The van der Waals surface area contributed by atoms with Gasteiger partial charge in [-0.05, 0) is 24.5 Å². The number of piperidine rings is 1. The molecule has 3 rings (SSSR count). The molecule has 2 atom stereocenters. The molecule has 1 saturated heterocycles. The minimum absolute atomic E-state index is 0.557. The minimum Gasteiger partial charge on any atom is -0.309 e. The highest BCUT2D eigenvalue weighted by molar-refractivity contribution is 5.17. The van der Waals surface area contributed by atoms with E-state index in [0.717, 1.165) is 31.9 Å². The Morgan fingerprint density at radius 3 is 3.04 bits per heavy atom. The van der Waals surface area contributed by atoms with Crippen LogP contribution >= 0.6 is 0 Å². The van der Waals surface area contributed by atoms with E-state index in [-0.39, 0.29) is 0 Å². The fourth-order valence-corrected chi connectivity index (χ4v) is 3.22. The van der Waals surface area contributed by atoms with Gasteiger partial charge in [0.2, 0.25) is 0 Å². The summed E-state index contributed by atoms with van der Waals surface area (Å²) in [6.07, 6.45) is 8.67. The summed E-state index contributed by atoms with van der Waals surface area (Å²) in [7, 11) is 0. The second kappa shape index (κ2) is 7.53. The maximum absolute atomic E-state index is 4.43. The zero-order chi connectivity index (χ0) is 16.1. The Balaban J connectivity index is 1.47. The summed E-state index contributed by atoms with van der Waals surface area (Å²) in [5.74, 6) is 0.627. The second-order valence-corrected chi connectivity index (χ2v) is 6.32. The van der Waals surface area contributed by atoms with E-state index in [2.05, 4.69) is 45.9 Å². The summed E-state index contributed by atoms with van der Waals surface area (Å²) in [6.45, 7) is 10.1. The van der Waals surface area contributed by atoms with Gasteiger partial charge in [0.15, 0.2) is 0 Å². The molecule has 3 heterocycles. The highest BCUT2D eigenvalue weighted by Crippen LogP contribution is 2.19. The van der Waals surface area contributed by atoms with E-state index >= 15 is 0 Å². The van der Waals surface area contributed by atoms with Gasteiger partial charge < -0.3 is 5.32 Å². The van der Waals surface area contributed by atoms with Gasteiger partial charge in [-0.15, -0.1) is 0 Å². The van der Waals surface area contributed by atoms with Crippen molar-refractivity contribution >= 4 is 6.20 Å². The smallest absolute Gasteiger partial charge is 0.0543 e. The van der Waals surface area contributed by atoms with E-state index in [1.165, 1.54) is 12.0 Å². The summed E-state index contributed by atoms with van der Waals surface area (Å²) in [6, 6.07) is 6.69. The van der Waals surface area contributed by atoms with Gasteiger partial charge in [-0.1, -0.05) is 19.6 Å². The predicted octanol–water partition coefficient (Wildman–Crippen LogP) is 2.38. The average molecular weight is 311 g/mol. The highest BCUT2D eigenvalue weighted by atomic mass is 15.2. The molecular formula is C18H25N5. The third-order valence-corrected chi connectivity index (χ3v) is 4.51. The SMILES string of the molecule is C=Cn1cc(CN[C@@H]2CCN(Cc3ccccn3)C[C@@H]2C)cn1. The van der Waals surface area contributed by atoms with Gasteiger partial charge in [-0.25, -0.2) is 4.68 Å². The lowest BCUT2D eigenvalue weighted by atomic mass is 9.93. The largest absolute Gasteiger partial charge is 0.309 e. The molecule has 0 bridgehead atoms. The van der Waals surface area contributed by atoms with Gasteiger partial charge in [0.05, 0.1) is 11.9 Å². The standard InChI is InChI=1S/C18H25N5/c1-3-23-13-16(11-21-23)10-20-18-7-9-22(12-15(18)2)14-17-6-4-5-8-19-17/h3-6,8,11,13,15,18,20H,1,7,9-10,12,14H2,2H3/t15-,18+/m0/s1. The van der Waals surface area contributed by atoms with Crippen molar-refractivity contribution in [1.82, 2.24) is 25.0 Å².